The number of hydrogen-bond acceptors (Lipinski definition) is 6. The molecular formula is C19H22N6. The van der Waals surface area contributed by atoms with Crippen LogP contribution in [0.3, 0.4) is 0 Å². The summed E-state index contributed by atoms with van der Waals surface area (Å²) < 4.78 is 0. The summed E-state index contributed by atoms with van der Waals surface area (Å²) >= 11 is 0. The van der Waals surface area contributed by atoms with Gasteiger partial charge in [0.25, 0.3) is 0 Å². The average Bonchev–Trinajstić information content (AvgIpc) is 2.65. The van der Waals surface area contributed by atoms with E-state index in [2.05, 4.69) is 15.3 Å². The number of anilines is 2. The molecule has 0 unspecified atom stereocenters. The number of rotatable bonds is 3. The molecule has 0 amide bonds. The largest absolute Gasteiger partial charge is 0.383 e. The van der Waals surface area contributed by atoms with E-state index in [-0.39, 0.29) is 12.1 Å². The Hall–Kier alpha value is -2.73. The van der Waals surface area contributed by atoms with Crippen molar-refractivity contribution in [2.75, 3.05) is 11.1 Å². The molecule has 3 aromatic rings. The molecule has 1 aromatic carbocycles. The third-order valence-corrected chi connectivity index (χ3v) is 4.87. The van der Waals surface area contributed by atoms with Crippen molar-refractivity contribution in [1.29, 1.82) is 0 Å². The Morgan fingerprint density at radius 3 is 2.60 bits per heavy atom. The third-order valence-electron chi connectivity index (χ3n) is 4.87. The number of nitrogens with zero attached hydrogens (tertiary/aromatic N) is 3. The SMILES string of the molecule is Nc1ncc(-c2ccccc2)c2nc(N[C@@H]3CCCC[C@@H]3N)ncc12. The molecule has 1 fully saturated rings. The van der Waals surface area contributed by atoms with Crippen LogP contribution < -0.4 is 16.8 Å². The van der Waals surface area contributed by atoms with Crippen LogP contribution in [0.5, 0.6) is 0 Å². The molecule has 1 aliphatic carbocycles. The molecule has 25 heavy (non-hydrogen) atoms. The van der Waals surface area contributed by atoms with E-state index in [9.17, 15) is 0 Å². The van der Waals surface area contributed by atoms with Crippen molar-refractivity contribution < 1.29 is 0 Å². The predicted molar refractivity (Wildman–Crippen MR) is 101 cm³/mol. The molecule has 0 radical (unpaired) electrons. The molecule has 2 atom stereocenters. The molecule has 1 aliphatic rings. The Labute approximate surface area is 146 Å². The standard InChI is InChI=1S/C19H22N6/c20-15-8-4-5-9-16(15)24-19-23-11-14-17(25-19)13(10-22-18(14)21)12-6-2-1-3-7-12/h1-3,6-7,10-11,15-16H,4-5,8-9,20H2,(H2,21,22)(H,23,24,25)/t15-,16+/m0/s1. The van der Waals surface area contributed by atoms with Crippen LogP contribution in [-0.4, -0.2) is 27.0 Å². The lowest BCUT2D eigenvalue weighted by Gasteiger charge is -2.29. The van der Waals surface area contributed by atoms with Crippen molar-refractivity contribution >= 4 is 22.7 Å². The highest BCUT2D eigenvalue weighted by Gasteiger charge is 2.22. The Morgan fingerprint density at radius 2 is 1.80 bits per heavy atom. The van der Waals surface area contributed by atoms with Crippen LogP contribution in [0, 0.1) is 0 Å². The van der Waals surface area contributed by atoms with Crippen LogP contribution >= 0.6 is 0 Å². The number of aromatic nitrogens is 3. The van der Waals surface area contributed by atoms with Gasteiger partial charge < -0.3 is 16.8 Å². The number of hydrogen-bond donors (Lipinski definition) is 3. The minimum Gasteiger partial charge on any atom is -0.383 e. The molecule has 0 aliphatic heterocycles. The van der Waals surface area contributed by atoms with E-state index < -0.39 is 0 Å². The zero-order chi connectivity index (χ0) is 17.2. The topological polar surface area (TPSA) is 103 Å². The Bertz CT molecular complexity index is 880. The monoisotopic (exact) mass is 334 g/mol. The molecule has 0 spiro atoms. The van der Waals surface area contributed by atoms with Gasteiger partial charge in [-0.2, -0.15) is 0 Å². The number of benzene rings is 1. The highest BCUT2D eigenvalue weighted by atomic mass is 15.1. The molecule has 1 saturated carbocycles. The summed E-state index contributed by atoms with van der Waals surface area (Å²) in [6.45, 7) is 0. The Kier molecular flexibility index (Phi) is 4.19. The van der Waals surface area contributed by atoms with E-state index in [1.165, 1.54) is 12.8 Å². The number of pyridine rings is 1. The van der Waals surface area contributed by atoms with Crippen molar-refractivity contribution in [2.45, 2.75) is 37.8 Å². The van der Waals surface area contributed by atoms with Gasteiger partial charge in [-0.15, -0.1) is 0 Å². The van der Waals surface area contributed by atoms with Gasteiger partial charge in [-0.3, -0.25) is 0 Å². The van der Waals surface area contributed by atoms with E-state index in [4.69, 9.17) is 16.5 Å². The van der Waals surface area contributed by atoms with Crippen LogP contribution in [0.25, 0.3) is 22.0 Å². The first-order valence-electron chi connectivity index (χ1n) is 8.71. The molecule has 2 aromatic heterocycles. The average molecular weight is 334 g/mol. The zero-order valence-electron chi connectivity index (χ0n) is 14.0. The van der Waals surface area contributed by atoms with E-state index >= 15 is 0 Å². The molecule has 0 saturated heterocycles. The van der Waals surface area contributed by atoms with Gasteiger partial charge in [0, 0.05) is 30.0 Å². The van der Waals surface area contributed by atoms with Crippen LogP contribution in [0.15, 0.2) is 42.7 Å². The third kappa shape index (κ3) is 3.13. The minimum absolute atomic E-state index is 0.143. The van der Waals surface area contributed by atoms with Gasteiger partial charge in [0.05, 0.1) is 10.9 Å². The van der Waals surface area contributed by atoms with Crippen molar-refractivity contribution in [3.8, 4) is 11.1 Å². The van der Waals surface area contributed by atoms with Crippen LogP contribution in [0.1, 0.15) is 25.7 Å². The lowest BCUT2D eigenvalue weighted by molar-refractivity contribution is 0.402. The summed E-state index contributed by atoms with van der Waals surface area (Å²) in [5.41, 5.74) is 15.1. The zero-order valence-corrected chi connectivity index (χ0v) is 14.0. The number of nitrogen functional groups attached to an aromatic ring is 1. The lowest BCUT2D eigenvalue weighted by atomic mass is 9.91. The summed E-state index contributed by atoms with van der Waals surface area (Å²) in [6.07, 6.45) is 7.98. The summed E-state index contributed by atoms with van der Waals surface area (Å²) in [5.74, 6) is 1.04. The van der Waals surface area contributed by atoms with Crippen molar-refractivity contribution in [3.05, 3.63) is 42.7 Å². The number of nitrogens with two attached hydrogens (primary N) is 2. The van der Waals surface area contributed by atoms with Crippen molar-refractivity contribution in [1.82, 2.24) is 15.0 Å². The highest BCUT2D eigenvalue weighted by Crippen LogP contribution is 2.29. The fraction of sp³-hybridized carbons (Fsp3) is 0.316. The fourth-order valence-electron chi connectivity index (χ4n) is 3.44. The maximum absolute atomic E-state index is 6.24. The quantitative estimate of drug-likeness (QED) is 0.680. The molecule has 6 heteroatoms. The second kappa shape index (κ2) is 6.64. The molecule has 0 bridgehead atoms. The van der Waals surface area contributed by atoms with Gasteiger partial charge in [-0.25, -0.2) is 15.0 Å². The van der Waals surface area contributed by atoms with Gasteiger partial charge in [-0.05, 0) is 18.4 Å². The van der Waals surface area contributed by atoms with Gasteiger partial charge in [0.1, 0.15) is 5.82 Å². The summed E-state index contributed by atoms with van der Waals surface area (Å²) in [4.78, 5) is 13.5. The minimum atomic E-state index is 0.143. The highest BCUT2D eigenvalue weighted by molar-refractivity contribution is 5.98. The second-order valence-corrected chi connectivity index (χ2v) is 6.58. The first kappa shape index (κ1) is 15.8. The number of fused-ring (bicyclic) bond motifs is 1. The molecule has 5 N–H and O–H groups in total. The van der Waals surface area contributed by atoms with Crippen molar-refractivity contribution in [3.63, 3.8) is 0 Å². The van der Waals surface area contributed by atoms with E-state index in [1.54, 1.807) is 12.4 Å². The first-order chi connectivity index (χ1) is 12.2. The predicted octanol–water partition coefficient (Wildman–Crippen LogP) is 2.96. The van der Waals surface area contributed by atoms with Crippen molar-refractivity contribution in [2.24, 2.45) is 5.73 Å². The van der Waals surface area contributed by atoms with Crippen LogP contribution in [0.4, 0.5) is 11.8 Å². The smallest absolute Gasteiger partial charge is 0.223 e. The van der Waals surface area contributed by atoms with E-state index in [0.717, 1.165) is 34.9 Å². The van der Waals surface area contributed by atoms with E-state index in [0.29, 0.717) is 11.8 Å². The molecular weight excluding hydrogens is 312 g/mol. The summed E-state index contributed by atoms with van der Waals surface area (Å²) in [5, 5.41) is 4.18. The lowest BCUT2D eigenvalue weighted by Crippen LogP contribution is -2.42. The van der Waals surface area contributed by atoms with Gasteiger partial charge in [0.15, 0.2) is 0 Å². The normalized spacial score (nSPS) is 20.5. The van der Waals surface area contributed by atoms with Gasteiger partial charge >= 0.3 is 0 Å². The van der Waals surface area contributed by atoms with Gasteiger partial charge in [-0.1, -0.05) is 43.2 Å². The molecule has 4 rings (SSSR count). The van der Waals surface area contributed by atoms with E-state index in [1.807, 2.05) is 30.3 Å². The fourth-order valence-corrected chi connectivity index (χ4v) is 3.44. The molecule has 128 valence electrons. The molecule has 6 nitrogen and oxygen atoms in total. The maximum atomic E-state index is 6.24. The molecule has 2 heterocycles. The first-order valence-corrected chi connectivity index (χ1v) is 8.71. The summed E-state index contributed by atoms with van der Waals surface area (Å²) in [7, 11) is 0. The second-order valence-electron chi connectivity index (χ2n) is 6.58. The Morgan fingerprint density at radius 1 is 1.00 bits per heavy atom. The van der Waals surface area contributed by atoms with Gasteiger partial charge in [0.2, 0.25) is 5.95 Å². The van der Waals surface area contributed by atoms with Crippen LogP contribution in [-0.2, 0) is 0 Å². The Balaban J connectivity index is 1.76. The van der Waals surface area contributed by atoms with Crippen LogP contribution in [0.2, 0.25) is 0 Å². The summed E-state index contributed by atoms with van der Waals surface area (Å²) in [6, 6.07) is 10.4. The maximum Gasteiger partial charge on any atom is 0.223 e. The number of nitrogens with one attached hydrogen (secondary N) is 1.